The number of rotatable bonds is 3. The summed E-state index contributed by atoms with van der Waals surface area (Å²) in [6.45, 7) is 0. The first-order valence-electron chi connectivity index (χ1n) is 6.09. The maximum Gasteiger partial charge on any atom is 0.123 e. The number of aliphatic hydroxyl groups excluding tert-OH is 1. The molecule has 1 aromatic carbocycles. The second-order valence-electron chi connectivity index (χ2n) is 4.88. The highest BCUT2D eigenvalue weighted by molar-refractivity contribution is 7.19. The predicted molar refractivity (Wildman–Crippen MR) is 68.7 cm³/mol. The molecule has 1 aliphatic rings. The molecule has 0 aliphatic heterocycles. The number of thiophene rings is 1. The van der Waals surface area contributed by atoms with Crippen molar-refractivity contribution in [3.8, 4) is 0 Å². The number of aliphatic hydroxyl groups is 1. The molecular formula is C14H15FOS. The number of hydrogen-bond donors (Lipinski definition) is 1. The Morgan fingerprint density at radius 2 is 2.18 bits per heavy atom. The average Bonchev–Trinajstić information content (AvgIpc) is 2.65. The summed E-state index contributed by atoms with van der Waals surface area (Å²) in [6.07, 6.45) is 4.28. The van der Waals surface area contributed by atoms with Crippen LogP contribution in [0.5, 0.6) is 0 Å². The lowest BCUT2D eigenvalue weighted by molar-refractivity contribution is 0.121. The molecule has 1 saturated carbocycles. The number of halogens is 1. The normalized spacial score (nSPS) is 18.2. The molecule has 90 valence electrons. The lowest BCUT2D eigenvalue weighted by Crippen LogP contribution is -2.14. The fraction of sp³-hybridized carbons (Fsp3) is 0.429. The van der Waals surface area contributed by atoms with Crippen LogP contribution in [0, 0.1) is 11.7 Å². The summed E-state index contributed by atoms with van der Waals surface area (Å²) in [5.74, 6) is 0.474. The Morgan fingerprint density at radius 1 is 1.35 bits per heavy atom. The molecule has 17 heavy (non-hydrogen) atoms. The third-order valence-corrected chi connectivity index (χ3v) is 4.82. The Morgan fingerprint density at radius 3 is 2.88 bits per heavy atom. The molecule has 1 aliphatic carbocycles. The van der Waals surface area contributed by atoms with Crippen molar-refractivity contribution in [3.63, 3.8) is 0 Å². The van der Waals surface area contributed by atoms with Gasteiger partial charge >= 0.3 is 0 Å². The van der Waals surface area contributed by atoms with Crippen molar-refractivity contribution in [2.45, 2.75) is 31.8 Å². The minimum absolute atomic E-state index is 0.213. The van der Waals surface area contributed by atoms with E-state index >= 15 is 0 Å². The van der Waals surface area contributed by atoms with Gasteiger partial charge in [0.05, 0.1) is 6.10 Å². The first kappa shape index (κ1) is 11.2. The van der Waals surface area contributed by atoms with Crippen molar-refractivity contribution in [3.05, 3.63) is 35.0 Å². The van der Waals surface area contributed by atoms with Gasteiger partial charge in [-0.05, 0) is 42.0 Å². The van der Waals surface area contributed by atoms with Crippen LogP contribution >= 0.6 is 11.3 Å². The van der Waals surface area contributed by atoms with Gasteiger partial charge in [-0.1, -0.05) is 19.3 Å². The minimum Gasteiger partial charge on any atom is -0.388 e. The number of fused-ring (bicyclic) bond motifs is 1. The van der Waals surface area contributed by atoms with Gasteiger partial charge in [-0.2, -0.15) is 0 Å². The number of benzene rings is 1. The second-order valence-corrected chi connectivity index (χ2v) is 5.99. The molecule has 0 spiro atoms. The van der Waals surface area contributed by atoms with Crippen molar-refractivity contribution >= 4 is 21.4 Å². The van der Waals surface area contributed by atoms with E-state index in [0.717, 1.165) is 21.4 Å². The lowest BCUT2D eigenvalue weighted by atomic mass is 9.81. The maximum atomic E-state index is 13.1. The molecular weight excluding hydrogens is 235 g/mol. The Bertz CT molecular complexity index is 530. The largest absolute Gasteiger partial charge is 0.388 e. The SMILES string of the molecule is OC(CC1CCC1)c1cc2cc(F)ccc2s1. The van der Waals surface area contributed by atoms with Crippen LogP contribution in [0.15, 0.2) is 24.3 Å². The van der Waals surface area contributed by atoms with E-state index in [1.807, 2.05) is 6.07 Å². The van der Waals surface area contributed by atoms with Crippen LogP contribution in [0.2, 0.25) is 0 Å². The number of hydrogen-bond acceptors (Lipinski definition) is 2. The van der Waals surface area contributed by atoms with E-state index in [1.54, 1.807) is 17.4 Å². The molecule has 1 N–H and O–H groups in total. The van der Waals surface area contributed by atoms with Crippen molar-refractivity contribution < 1.29 is 9.50 Å². The lowest BCUT2D eigenvalue weighted by Gasteiger charge is -2.27. The average molecular weight is 250 g/mol. The first-order chi connectivity index (χ1) is 8.22. The van der Waals surface area contributed by atoms with Crippen LogP contribution in [0.4, 0.5) is 4.39 Å². The maximum absolute atomic E-state index is 13.1. The van der Waals surface area contributed by atoms with Crippen LogP contribution in [0.1, 0.15) is 36.7 Å². The van der Waals surface area contributed by atoms with Gasteiger partial charge in [0.2, 0.25) is 0 Å². The van der Waals surface area contributed by atoms with Gasteiger partial charge in [-0.3, -0.25) is 0 Å². The van der Waals surface area contributed by atoms with Gasteiger partial charge < -0.3 is 5.11 Å². The summed E-state index contributed by atoms with van der Waals surface area (Å²) in [6, 6.07) is 6.72. The van der Waals surface area contributed by atoms with Crippen LogP contribution in [-0.4, -0.2) is 5.11 Å². The summed E-state index contributed by atoms with van der Waals surface area (Å²) in [7, 11) is 0. The zero-order valence-corrected chi connectivity index (χ0v) is 10.3. The van der Waals surface area contributed by atoms with E-state index in [-0.39, 0.29) is 11.9 Å². The third-order valence-electron chi connectivity index (χ3n) is 3.61. The summed E-state index contributed by atoms with van der Waals surface area (Å²) in [5, 5.41) is 11.0. The van der Waals surface area contributed by atoms with Gasteiger partial charge in [-0.25, -0.2) is 4.39 Å². The molecule has 0 radical (unpaired) electrons. The molecule has 3 heteroatoms. The van der Waals surface area contributed by atoms with Gasteiger partial charge in [0.25, 0.3) is 0 Å². The zero-order chi connectivity index (χ0) is 11.8. The van der Waals surface area contributed by atoms with E-state index in [1.165, 1.54) is 31.4 Å². The fourth-order valence-electron chi connectivity index (χ4n) is 2.36. The highest BCUT2D eigenvalue weighted by Gasteiger charge is 2.22. The van der Waals surface area contributed by atoms with E-state index in [0.29, 0.717) is 5.92 Å². The van der Waals surface area contributed by atoms with Crippen LogP contribution in [-0.2, 0) is 0 Å². The minimum atomic E-state index is -0.374. The molecule has 1 unspecified atom stereocenters. The quantitative estimate of drug-likeness (QED) is 0.862. The van der Waals surface area contributed by atoms with Crippen molar-refractivity contribution in [1.82, 2.24) is 0 Å². The summed E-state index contributed by atoms with van der Waals surface area (Å²) >= 11 is 1.57. The van der Waals surface area contributed by atoms with Crippen molar-refractivity contribution in [2.24, 2.45) is 5.92 Å². The van der Waals surface area contributed by atoms with Crippen molar-refractivity contribution in [1.29, 1.82) is 0 Å². The van der Waals surface area contributed by atoms with E-state index < -0.39 is 0 Å². The molecule has 1 atom stereocenters. The van der Waals surface area contributed by atoms with Crippen LogP contribution in [0.25, 0.3) is 10.1 Å². The summed E-state index contributed by atoms with van der Waals surface area (Å²) in [5.41, 5.74) is 0. The van der Waals surface area contributed by atoms with Gasteiger partial charge in [-0.15, -0.1) is 11.3 Å². The molecule has 0 saturated heterocycles. The highest BCUT2D eigenvalue weighted by Crippen LogP contribution is 2.38. The predicted octanol–water partition coefficient (Wildman–Crippen LogP) is 4.26. The second kappa shape index (κ2) is 4.39. The van der Waals surface area contributed by atoms with E-state index in [9.17, 15) is 9.50 Å². The Balaban J connectivity index is 1.83. The van der Waals surface area contributed by atoms with Crippen LogP contribution < -0.4 is 0 Å². The Kier molecular flexibility index (Phi) is 2.89. The molecule has 3 rings (SSSR count). The Hall–Kier alpha value is -0.930. The topological polar surface area (TPSA) is 20.2 Å². The molecule has 0 amide bonds. The van der Waals surface area contributed by atoms with E-state index in [4.69, 9.17) is 0 Å². The summed E-state index contributed by atoms with van der Waals surface area (Å²) < 4.78 is 14.1. The Labute approximate surface area is 104 Å². The third kappa shape index (κ3) is 2.22. The van der Waals surface area contributed by atoms with Gasteiger partial charge in [0.1, 0.15) is 5.82 Å². The van der Waals surface area contributed by atoms with E-state index in [2.05, 4.69) is 0 Å². The fourth-order valence-corrected chi connectivity index (χ4v) is 3.40. The summed E-state index contributed by atoms with van der Waals surface area (Å²) in [4.78, 5) is 0.970. The molecule has 1 fully saturated rings. The monoisotopic (exact) mass is 250 g/mol. The highest BCUT2D eigenvalue weighted by atomic mass is 32.1. The molecule has 0 bridgehead atoms. The zero-order valence-electron chi connectivity index (χ0n) is 9.53. The standard InChI is InChI=1S/C14H15FOS/c15-11-4-5-13-10(7-11)8-14(17-13)12(16)6-9-2-1-3-9/h4-5,7-9,12,16H,1-3,6H2. The van der Waals surface area contributed by atoms with Gasteiger partial charge in [0.15, 0.2) is 0 Å². The molecule has 1 heterocycles. The first-order valence-corrected chi connectivity index (χ1v) is 6.91. The molecule has 1 aromatic heterocycles. The molecule has 2 aromatic rings. The van der Waals surface area contributed by atoms with Crippen molar-refractivity contribution in [2.75, 3.05) is 0 Å². The van der Waals surface area contributed by atoms with Gasteiger partial charge in [0, 0.05) is 9.58 Å². The van der Waals surface area contributed by atoms with Crippen LogP contribution in [0.3, 0.4) is 0 Å². The molecule has 1 nitrogen and oxygen atoms in total. The smallest absolute Gasteiger partial charge is 0.123 e.